The Morgan fingerprint density at radius 2 is 1.53 bits per heavy atom. The SMILES string of the molecule is Cc1nc(-c2ccc(NC(=O)C(Cc3ccccc3)N3C(=O)c4ccccc4C3=O)cc2)cs1. The number of aromatic nitrogens is 1. The van der Waals surface area contributed by atoms with Gasteiger partial charge in [-0.05, 0) is 36.8 Å². The van der Waals surface area contributed by atoms with Crippen LogP contribution >= 0.6 is 11.3 Å². The highest BCUT2D eigenvalue weighted by Crippen LogP contribution is 2.27. The number of aryl methyl sites for hydroxylation is 1. The number of nitrogens with zero attached hydrogens (tertiary/aromatic N) is 2. The minimum atomic E-state index is -0.990. The molecule has 0 bridgehead atoms. The minimum absolute atomic E-state index is 0.217. The second kappa shape index (κ2) is 9.03. The van der Waals surface area contributed by atoms with Gasteiger partial charge in [0.05, 0.1) is 21.8 Å². The molecule has 0 aliphatic carbocycles. The number of hydrogen-bond acceptors (Lipinski definition) is 5. The van der Waals surface area contributed by atoms with E-state index < -0.39 is 23.8 Å². The molecule has 3 aromatic carbocycles. The number of carbonyl (C=O) groups excluding carboxylic acids is 3. The number of hydrogen-bond donors (Lipinski definition) is 1. The average Bonchev–Trinajstić information content (AvgIpc) is 3.40. The van der Waals surface area contributed by atoms with Crippen molar-refractivity contribution in [2.45, 2.75) is 19.4 Å². The van der Waals surface area contributed by atoms with Gasteiger partial charge in [0.2, 0.25) is 5.91 Å². The zero-order chi connectivity index (χ0) is 23.7. The van der Waals surface area contributed by atoms with Gasteiger partial charge in [-0.25, -0.2) is 4.98 Å². The van der Waals surface area contributed by atoms with E-state index in [4.69, 9.17) is 0 Å². The number of rotatable bonds is 6. The lowest BCUT2D eigenvalue weighted by Gasteiger charge is -2.25. The van der Waals surface area contributed by atoms with Gasteiger partial charge < -0.3 is 5.32 Å². The van der Waals surface area contributed by atoms with Crippen molar-refractivity contribution in [3.63, 3.8) is 0 Å². The van der Waals surface area contributed by atoms with Gasteiger partial charge in [-0.1, -0.05) is 54.6 Å². The molecule has 0 radical (unpaired) electrons. The van der Waals surface area contributed by atoms with Crippen molar-refractivity contribution in [1.82, 2.24) is 9.88 Å². The van der Waals surface area contributed by atoms with Crippen molar-refractivity contribution >= 4 is 34.7 Å². The Morgan fingerprint density at radius 1 is 0.912 bits per heavy atom. The lowest BCUT2D eigenvalue weighted by molar-refractivity contribution is -0.119. The summed E-state index contributed by atoms with van der Waals surface area (Å²) < 4.78 is 0. The summed E-state index contributed by atoms with van der Waals surface area (Å²) >= 11 is 1.58. The second-order valence-electron chi connectivity index (χ2n) is 8.05. The number of nitrogens with one attached hydrogen (secondary N) is 1. The van der Waals surface area contributed by atoms with Crippen molar-refractivity contribution in [2.75, 3.05) is 5.32 Å². The van der Waals surface area contributed by atoms with Crippen molar-refractivity contribution in [3.8, 4) is 11.3 Å². The number of imide groups is 1. The summed E-state index contributed by atoms with van der Waals surface area (Å²) in [7, 11) is 0. The number of anilines is 1. The highest BCUT2D eigenvalue weighted by molar-refractivity contribution is 7.09. The lowest BCUT2D eigenvalue weighted by atomic mass is 10.0. The van der Waals surface area contributed by atoms with Gasteiger partial charge in [0.15, 0.2) is 0 Å². The molecule has 1 aromatic heterocycles. The predicted octanol–water partition coefficient (Wildman–Crippen LogP) is 4.96. The predicted molar refractivity (Wildman–Crippen MR) is 132 cm³/mol. The summed E-state index contributed by atoms with van der Waals surface area (Å²) in [5.74, 6) is -1.33. The Morgan fingerprint density at radius 3 is 2.12 bits per heavy atom. The highest BCUT2D eigenvalue weighted by atomic mass is 32.1. The maximum atomic E-state index is 13.4. The Hall–Kier alpha value is -4.10. The molecule has 1 unspecified atom stereocenters. The van der Waals surface area contributed by atoms with Crippen molar-refractivity contribution in [1.29, 1.82) is 0 Å². The standard InChI is InChI=1S/C27H21N3O3S/c1-17-28-23(16-34-17)19-11-13-20(14-12-19)29-25(31)24(15-18-7-3-2-4-8-18)30-26(32)21-9-5-6-10-22(21)27(30)33/h2-14,16,24H,15H2,1H3,(H,29,31). The minimum Gasteiger partial charge on any atom is -0.324 e. The first-order valence-electron chi connectivity index (χ1n) is 10.9. The zero-order valence-electron chi connectivity index (χ0n) is 18.4. The van der Waals surface area contributed by atoms with E-state index in [9.17, 15) is 14.4 Å². The molecule has 2 heterocycles. The maximum absolute atomic E-state index is 13.4. The number of thiazole rings is 1. The van der Waals surface area contributed by atoms with Crippen molar-refractivity contribution < 1.29 is 14.4 Å². The van der Waals surface area contributed by atoms with Gasteiger partial charge in [0, 0.05) is 23.1 Å². The molecule has 3 amide bonds. The van der Waals surface area contributed by atoms with Crippen LogP contribution in [0.15, 0.2) is 84.2 Å². The van der Waals surface area contributed by atoms with Gasteiger partial charge in [-0.15, -0.1) is 11.3 Å². The topological polar surface area (TPSA) is 79.4 Å². The molecule has 0 spiro atoms. The fourth-order valence-electron chi connectivity index (χ4n) is 4.08. The number of amides is 3. The molecule has 0 saturated carbocycles. The van der Waals surface area contributed by atoms with E-state index in [-0.39, 0.29) is 6.42 Å². The molecule has 34 heavy (non-hydrogen) atoms. The number of benzene rings is 3. The molecule has 4 aromatic rings. The molecule has 1 aliphatic heterocycles. The Labute approximate surface area is 200 Å². The van der Waals surface area contributed by atoms with Crippen molar-refractivity contribution in [3.05, 3.63) is 106 Å². The number of fused-ring (bicyclic) bond motifs is 1. The van der Waals surface area contributed by atoms with Crippen LogP contribution in [0.1, 0.15) is 31.3 Å². The van der Waals surface area contributed by atoms with Crippen LogP contribution in [0.2, 0.25) is 0 Å². The van der Waals surface area contributed by atoms with E-state index in [2.05, 4.69) is 10.3 Å². The molecule has 1 N–H and O–H groups in total. The van der Waals surface area contributed by atoms with Gasteiger partial charge >= 0.3 is 0 Å². The molecule has 6 nitrogen and oxygen atoms in total. The zero-order valence-corrected chi connectivity index (χ0v) is 19.2. The molecule has 5 rings (SSSR count). The van der Waals surface area contributed by atoms with E-state index in [1.165, 1.54) is 0 Å². The van der Waals surface area contributed by atoms with Gasteiger partial charge in [0.25, 0.3) is 11.8 Å². The Bertz CT molecular complexity index is 1340. The van der Waals surface area contributed by atoms with Gasteiger partial charge in [-0.3, -0.25) is 19.3 Å². The van der Waals surface area contributed by atoms with Gasteiger partial charge in [-0.2, -0.15) is 0 Å². The van der Waals surface area contributed by atoms with E-state index >= 15 is 0 Å². The third-order valence-corrected chi connectivity index (χ3v) is 6.55. The van der Waals surface area contributed by atoms with Crippen LogP contribution in [0.25, 0.3) is 11.3 Å². The summed E-state index contributed by atoms with van der Waals surface area (Å²) in [4.78, 5) is 45.2. The fourth-order valence-corrected chi connectivity index (χ4v) is 4.70. The lowest BCUT2D eigenvalue weighted by Crippen LogP contribution is -2.48. The average molecular weight is 468 g/mol. The first-order chi connectivity index (χ1) is 16.5. The number of carbonyl (C=O) groups is 3. The largest absolute Gasteiger partial charge is 0.324 e. The van der Waals surface area contributed by atoms with Gasteiger partial charge in [0.1, 0.15) is 6.04 Å². The van der Waals surface area contributed by atoms with E-state index in [1.807, 2.05) is 54.8 Å². The van der Waals surface area contributed by atoms with Crippen LogP contribution < -0.4 is 5.32 Å². The molecule has 0 fully saturated rings. The van der Waals surface area contributed by atoms with E-state index in [1.54, 1.807) is 47.7 Å². The van der Waals surface area contributed by atoms with Crippen LogP contribution in [0.5, 0.6) is 0 Å². The van der Waals surface area contributed by atoms with Crippen LogP contribution in [0.3, 0.4) is 0 Å². The second-order valence-corrected chi connectivity index (χ2v) is 9.11. The molecule has 1 aliphatic rings. The smallest absolute Gasteiger partial charge is 0.262 e. The van der Waals surface area contributed by atoms with Crippen LogP contribution in [-0.4, -0.2) is 33.6 Å². The summed E-state index contributed by atoms with van der Waals surface area (Å²) in [5, 5.41) is 5.86. The van der Waals surface area contributed by atoms with Crippen LogP contribution in [0.4, 0.5) is 5.69 Å². The molecular formula is C27H21N3O3S. The first-order valence-corrected chi connectivity index (χ1v) is 11.7. The fraction of sp³-hybridized carbons (Fsp3) is 0.111. The quantitative estimate of drug-likeness (QED) is 0.406. The highest BCUT2D eigenvalue weighted by Gasteiger charge is 2.42. The third kappa shape index (κ3) is 4.13. The monoisotopic (exact) mass is 467 g/mol. The van der Waals surface area contributed by atoms with Crippen LogP contribution in [-0.2, 0) is 11.2 Å². The summed E-state index contributed by atoms with van der Waals surface area (Å²) in [6, 6.07) is 22.4. The molecule has 0 saturated heterocycles. The Balaban J connectivity index is 1.42. The molecule has 168 valence electrons. The summed E-state index contributed by atoms with van der Waals surface area (Å²) in [6.07, 6.45) is 0.217. The molecular weight excluding hydrogens is 446 g/mol. The van der Waals surface area contributed by atoms with E-state index in [0.29, 0.717) is 16.8 Å². The third-order valence-electron chi connectivity index (χ3n) is 5.78. The maximum Gasteiger partial charge on any atom is 0.262 e. The normalized spacial score (nSPS) is 13.6. The molecule has 1 atom stereocenters. The van der Waals surface area contributed by atoms with Crippen molar-refractivity contribution in [2.24, 2.45) is 0 Å². The summed E-state index contributed by atoms with van der Waals surface area (Å²) in [5.41, 5.74) is 3.91. The van der Waals surface area contributed by atoms with Crippen LogP contribution in [0, 0.1) is 6.92 Å². The Kier molecular flexibility index (Phi) is 5.77. The summed E-state index contributed by atoms with van der Waals surface area (Å²) in [6.45, 7) is 1.95. The molecule has 7 heteroatoms. The van der Waals surface area contributed by atoms with E-state index in [0.717, 1.165) is 26.7 Å². The first kappa shape index (κ1) is 21.7.